The van der Waals surface area contributed by atoms with Crippen molar-refractivity contribution in [2.75, 3.05) is 62.7 Å². The molecule has 9 heteroatoms. The second-order valence-corrected chi connectivity index (χ2v) is 11.4. The minimum absolute atomic E-state index is 0.133. The minimum Gasteiger partial charge on any atom is -0.463 e. The maximum atomic E-state index is 12.5. The van der Waals surface area contributed by atoms with Gasteiger partial charge in [-0.05, 0) is 44.0 Å². The van der Waals surface area contributed by atoms with Gasteiger partial charge < -0.3 is 24.3 Å². The molecule has 0 aliphatic carbocycles. The van der Waals surface area contributed by atoms with Gasteiger partial charge in [-0.3, -0.25) is 4.79 Å². The summed E-state index contributed by atoms with van der Waals surface area (Å²) in [5, 5.41) is 12.0. The number of hydrogen-bond donors (Lipinski definition) is 0. The zero-order chi connectivity index (χ0) is 28.3. The number of hydrogen-bond acceptors (Lipinski definition) is 8. The quantitative estimate of drug-likeness (QED) is 0.412. The van der Waals surface area contributed by atoms with Crippen LogP contribution < -0.4 is 14.5 Å². The number of aromatic nitrogens is 2. The van der Waals surface area contributed by atoms with E-state index < -0.39 is 0 Å². The second kappa shape index (κ2) is 11.8. The molecule has 41 heavy (non-hydrogen) atoms. The molecule has 2 unspecified atom stereocenters. The van der Waals surface area contributed by atoms with E-state index in [0.29, 0.717) is 44.7 Å². The molecule has 212 valence electrons. The number of nitriles is 1. The Morgan fingerprint density at radius 1 is 1.10 bits per heavy atom. The lowest BCUT2D eigenvalue weighted by molar-refractivity contribution is -0.128. The molecule has 3 aliphatic rings. The highest BCUT2D eigenvalue weighted by Gasteiger charge is 2.33. The van der Waals surface area contributed by atoms with Gasteiger partial charge in [-0.25, -0.2) is 0 Å². The molecular weight excluding hydrogens is 514 g/mol. The lowest BCUT2D eigenvalue weighted by Crippen LogP contribution is -2.55. The van der Waals surface area contributed by atoms with Crippen LogP contribution in [0.2, 0.25) is 0 Å². The smallest absolute Gasteiger partial charge is 0.318 e. The van der Waals surface area contributed by atoms with Crippen LogP contribution in [0.15, 0.2) is 55.1 Å². The third kappa shape index (κ3) is 5.57. The number of piperazine rings is 1. The fourth-order valence-electron chi connectivity index (χ4n) is 6.49. The number of nitrogens with zero attached hydrogens (tertiary/aromatic N) is 7. The molecule has 2 atom stereocenters. The van der Waals surface area contributed by atoms with Crippen LogP contribution in [0.1, 0.15) is 24.1 Å². The Hall–Kier alpha value is -4.16. The number of likely N-dealkylation sites (tertiary alicyclic amines) is 1. The number of amides is 1. The highest BCUT2D eigenvalue weighted by Crippen LogP contribution is 2.35. The van der Waals surface area contributed by atoms with Crippen molar-refractivity contribution in [2.24, 2.45) is 5.92 Å². The number of carbonyl (C=O) groups excluding carboxylic acids is 1. The van der Waals surface area contributed by atoms with E-state index in [1.807, 2.05) is 0 Å². The van der Waals surface area contributed by atoms with E-state index in [4.69, 9.17) is 14.7 Å². The molecule has 1 aromatic heterocycles. The first-order chi connectivity index (χ1) is 20.0. The average Bonchev–Trinajstić information content (AvgIpc) is 3.43. The van der Waals surface area contributed by atoms with Gasteiger partial charge in [0.15, 0.2) is 0 Å². The van der Waals surface area contributed by atoms with Crippen molar-refractivity contribution in [3.8, 4) is 12.1 Å². The van der Waals surface area contributed by atoms with Gasteiger partial charge >= 0.3 is 6.01 Å². The molecule has 2 fully saturated rings. The number of ether oxygens (including phenoxy) is 1. The standard InChI is InChI=1S/C32H37N7O2/c1-3-30(40)39-18-17-38(20-25(39)11-14-33)31-27-13-16-37(29-10-6-8-24-7-4-5-9-26(24)29)21-28(27)34-32(35-31)41-22-23-12-15-36(2)19-23/h3-10,23,25H,1,11-13,15-22H2,2H3. The summed E-state index contributed by atoms with van der Waals surface area (Å²) in [6.07, 6.45) is 3.51. The zero-order valence-corrected chi connectivity index (χ0v) is 23.7. The molecule has 1 amide bonds. The maximum absolute atomic E-state index is 12.5. The van der Waals surface area contributed by atoms with E-state index in [0.717, 1.165) is 49.6 Å². The molecule has 4 heterocycles. The Morgan fingerprint density at radius 3 is 2.76 bits per heavy atom. The van der Waals surface area contributed by atoms with Gasteiger partial charge in [-0.2, -0.15) is 15.2 Å². The summed E-state index contributed by atoms with van der Waals surface area (Å²) >= 11 is 0. The van der Waals surface area contributed by atoms with Crippen LogP contribution in [0.4, 0.5) is 11.5 Å². The van der Waals surface area contributed by atoms with E-state index >= 15 is 0 Å². The Bertz CT molecular complexity index is 1480. The van der Waals surface area contributed by atoms with Crippen molar-refractivity contribution in [1.82, 2.24) is 19.8 Å². The van der Waals surface area contributed by atoms with Crippen molar-refractivity contribution in [1.29, 1.82) is 5.26 Å². The first kappa shape index (κ1) is 27.0. The molecule has 0 bridgehead atoms. The maximum Gasteiger partial charge on any atom is 0.318 e. The van der Waals surface area contributed by atoms with Crippen LogP contribution in [0, 0.1) is 17.2 Å². The predicted molar refractivity (Wildman–Crippen MR) is 160 cm³/mol. The van der Waals surface area contributed by atoms with Crippen LogP contribution in [0.25, 0.3) is 10.8 Å². The topological polar surface area (TPSA) is 88.8 Å². The summed E-state index contributed by atoms with van der Waals surface area (Å²) in [5.41, 5.74) is 3.32. The van der Waals surface area contributed by atoms with Crippen LogP contribution in [0.5, 0.6) is 6.01 Å². The number of fused-ring (bicyclic) bond motifs is 2. The van der Waals surface area contributed by atoms with Crippen LogP contribution in [-0.2, 0) is 17.8 Å². The molecule has 3 aromatic rings. The summed E-state index contributed by atoms with van der Waals surface area (Å²) in [6, 6.07) is 17.4. The Kier molecular flexibility index (Phi) is 7.75. The molecule has 0 saturated carbocycles. The van der Waals surface area contributed by atoms with Gasteiger partial charge in [0.2, 0.25) is 5.91 Å². The summed E-state index contributed by atoms with van der Waals surface area (Å²) < 4.78 is 6.27. The lowest BCUT2D eigenvalue weighted by Gasteiger charge is -2.42. The third-order valence-electron chi connectivity index (χ3n) is 8.63. The Morgan fingerprint density at radius 2 is 1.95 bits per heavy atom. The fourth-order valence-corrected chi connectivity index (χ4v) is 6.49. The predicted octanol–water partition coefficient (Wildman–Crippen LogP) is 3.64. The number of benzene rings is 2. The molecule has 0 spiro atoms. The SMILES string of the molecule is C=CC(=O)N1CCN(c2nc(OCC3CCN(C)C3)nc3c2CCN(c2cccc4ccccc24)C3)CC1CC#N. The summed E-state index contributed by atoms with van der Waals surface area (Å²) in [7, 11) is 2.14. The van der Waals surface area contributed by atoms with Crippen LogP contribution >= 0.6 is 0 Å². The van der Waals surface area contributed by atoms with Crippen molar-refractivity contribution in [2.45, 2.75) is 31.8 Å². The highest BCUT2D eigenvalue weighted by molar-refractivity contribution is 5.94. The summed E-state index contributed by atoms with van der Waals surface area (Å²) in [6.45, 7) is 9.54. The second-order valence-electron chi connectivity index (χ2n) is 11.4. The van der Waals surface area contributed by atoms with E-state index in [-0.39, 0.29) is 18.4 Å². The number of rotatable bonds is 7. The third-order valence-corrected chi connectivity index (χ3v) is 8.63. The van der Waals surface area contributed by atoms with E-state index in [1.54, 1.807) is 4.90 Å². The number of carbonyl (C=O) groups is 1. The summed E-state index contributed by atoms with van der Waals surface area (Å²) in [5.74, 6) is 1.20. The largest absolute Gasteiger partial charge is 0.463 e. The van der Waals surface area contributed by atoms with Gasteiger partial charge in [0.25, 0.3) is 0 Å². The summed E-state index contributed by atoms with van der Waals surface area (Å²) in [4.78, 5) is 31.2. The van der Waals surface area contributed by atoms with Gasteiger partial charge in [0, 0.05) is 55.3 Å². The molecule has 3 aliphatic heterocycles. The van der Waals surface area contributed by atoms with Crippen molar-refractivity contribution in [3.63, 3.8) is 0 Å². The highest BCUT2D eigenvalue weighted by atomic mass is 16.5. The first-order valence-corrected chi connectivity index (χ1v) is 14.5. The normalized spacial score (nSPS) is 21.0. The van der Waals surface area contributed by atoms with Gasteiger partial charge in [0.1, 0.15) is 5.82 Å². The molecule has 9 nitrogen and oxygen atoms in total. The van der Waals surface area contributed by atoms with Crippen LogP contribution in [-0.4, -0.2) is 84.6 Å². The molecule has 6 rings (SSSR count). The molecular formula is C32H37N7O2. The first-order valence-electron chi connectivity index (χ1n) is 14.5. The van der Waals surface area contributed by atoms with Crippen molar-refractivity contribution < 1.29 is 9.53 Å². The molecule has 2 saturated heterocycles. The van der Waals surface area contributed by atoms with Gasteiger partial charge in [-0.1, -0.05) is 43.0 Å². The molecule has 0 N–H and O–H groups in total. The van der Waals surface area contributed by atoms with Crippen molar-refractivity contribution >= 4 is 28.2 Å². The average molecular weight is 552 g/mol. The van der Waals surface area contributed by atoms with Crippen LogP contribution in [0.3, 0.4) is 0 Å². The van der Waals surface area contributed by atoms with Crippen molar-refractivity contribution in [3.05, 3.63) is 66.4 Å². The molecule has 0 radical (unpaired) electrons. The number of anilines is 2. The lowest BCUT2D eigenvalue weighted by atomic mass is 10.0. The minimum atomic E-state index is -0.223. The molecule has 2 aromatic carbocycles. The van der Waals surface area contributed by atoms with E-state index in [1.165, 1.54) is 22.5 Å². The van der Waals surface area contributed by atoms with Gasteiger partial charge in [0.05, 0.1) is 37.4 Å². The Balaban J connectivity index is 1.32. The fraction of sp³-hybridized carbons (Fsp3) is 0.438. The Labute approximate surface area is 241 Å². The monoisotopic (exact) mass is 551 g/mol. The van der Waals surface area contributed by atoms with Gasteiger partial charge in [-0.15, -0.1) is 0 Å². The zero-order valence-electron chi connectivity index (χ0n) is 23.7. The van der Waals surface area contributed by atoms with E-state index in [9.17, 15) is 10.1 Å². The van der Waals surface area contributed by atoms with E-state index in [2.05, 4.69) is 76.9 Å².